The second-order valence-corrected chi connectivity index (χ2v) is 2.88. The van der Waals surface area contributed by atoms with Gasteiger partial charge in [-0.05, 0) is 18.2 Å². The number of carbonyl (C=O) groups is 1. The number of carbonyl (C=O) groups excluding carboxylic acids is 1. The molecule has 4 heteroatoms. The molecule has 0 saturated heterocycles. The number of phenols is 1. The molecule has 1 heterocycles. The van der Waals surface area contributed by atoms with E-state index in [1.165, 1.54) is 0 Å². The number of aromatic amines is 1. The Morgan fingerprint density at radius 2 is 2.21 bits per heavy atom. The van der Waals surface area contributed by atoms with Crippen molar-refractivity contribution in [3.05, 3.63) is 36.0 Å². The number of H-pyrrole nitrogens is 1. The van der Waals surface area contributed by atoms with E-state index in [2.05, 4.69) is 10.2 Å². The number of nitrogens with zero attached hydrogens (tertiary/aromatic N) is 1. The molecule has 0 amide bonds. The summed E-state index contributed by atoms with van der Waals surface area (Å²) in [5.74, 6) is 0.179. The zero-order chi connectivity index (χ0) is 9.97. The van der Waals surface area contributed by atoms with Gasteiger partial charge < -0.3 is 5.11 Å². The topological polar surface area (TPSA) is 66.0 Å². The van der Waals surface area contributed by atoms with Crippen LogP contribution in [-0.4, -0.2) is 21.6 Å². The average Bonchev–Trinajstić information content (AvgIpc) is 2.66. The van der Waals surface area contributed by atoms with Crippen molar-refractivity contribution in [1.29, 1.82) is 0 Å². The van der Waals surface area contributed by atoms with Gasteiger partial charge in [0.25, 0.3) is 0 Å². The van der Waals surface area contributed by atoms with E-state index >= 15 is 0 Å². The lowest BCUT2D eigenvalue weighted by Crippen LogP contribution is -1.77. The first-order valence-electron chi connectivity index (χ1n) is 4.09. The number of benzene rings is 1. The summed E-state index contributed by atoms with van der Waals surface area (Å²) in [4.78, 5) is 10.4. The summed E-state index contributed by atoms with van der Waals surface area (Å²) in [5.41, 5.74) is 1.83. The van der Waals surface area contributed by atoms with Crippen LogP contribution in [0.4, 0.5) is 0 Å². The molecule has 0 unspecified atom stereocenters. The fourth-order valence-corrected chi connectivity index (χ4v) is 1.21. The van der Waals surface area contributed by atoms with Gasteiger partial charge in [0.15, 0.2) is 6.29 Å². The van der Waals surface area contributed by atoms with Crippen molar-refractivity contribution in [3.63, 3.8) is 0 Å². The first kappa shape index (κ1) is 8.50. The van der Waals surface area contributed by atoms with Crippen molar-refractivity contribution in [2.45, 2.75) is 0 Å². The summed E-state index contributed by atoms with van der Waals surface area (Å²) in [6.07, 6.45) is 0.694. The number of hydrogen-bond donors (Lipinski definition) is 2. The maximum atomic E-state index is 10.4. The van der Waals surface area contributed by atoms with Gasteiger partial charge in [-0.25, -0.2) is 0 Å². The summed E-state index contributed by atoms with van der Waals surface area (Å²) in [7, 11) is 0. The predicted molar refractivity (Wildman–Crippen MR) is 51.1 cm³/mol. The number of nitrogens with one attached hydrogen (secondary N) is 1. The van der Waals surface area contributed by atoms with E-state index in [0.29, 0.717) is 17.7 Å². The Kier molecular flexibility index (Phi) is 2.02. The van der Waals surface area contributed by atoms with Crippen molar-refractivity contribution in [1.82, 2.24) is 10.2 Å². The third kappa shape index (κ3) is 1.50. The molecule has 0 spiro atoms. The van der Waals surface area contributed by atoms with Crippen molar-refractivity contribution in [2.75, 3.05) is 0 Å². The Balaban J connectivity index is 2.43. The minimum Gasteiger partial charge on any atom is -0.508 e. The van der Waals surface area contributed by atoms with Crippen molar-refractivity contribution < 1.29 is 9.90 Å². The summed E-state index contributed by atoms with van der Waals surface area (Å²) >= 11 is 0. The number of phenolic OH excluding ortho intramolecular Hbond substituents is 1. The lowest BCUT2D eigenvalue weighted by atomic mass is 10.1. The lowest BCUT2D eigenvalue weighted by Gasteiger charge is -1.95. The van der Waals surface area contributed by atoms with Gasteiger partial charge in [0.2, 0.25) is 0 Å². The van der Waals surface area contributed by atoms with Crippen molar-refractivity contribution in [3.8, 4) is 17.0 Å². The summed E-state index contributed by atoms with van der Waals surface area (Å²) in [6.45, 7) is 0. The Labute approximate surface area is 80.2 Å². The average molecular weight is 188 g/mol. The molecule has 0 aliphatic heterocycles. The largest absolute Gasteiger partial charge is 0.508 e. The molecule has 0 aliphatic carbocycles. The molecule has 0 fully saturated rings. The van der Waals surface area contributed by atoms with Crippen molar-refractivity contribution in [2.24, 2.45) is 0 Å². The highest BCUT2D eigenvalue weighted by Crippen LogP contribution is 2.21. The maximum absolute atomic E-state index is 10.4. The second-order valence-electron chi connectivity index (χ2n) is 2.88. The minimum atomic E-state index is 0.179. The molecule has 0 bridgehead atoms. The van der Waals surface area contributed by atoms with Crippen LogP contribution in [0.2, 0.25) is 0 Å². The van der Waals surface area contributed by atoms with Gasteiger partial charge in [0.1, 0.15) is 5.75 Å². The van der Waals surface area contributed by atoms with Crippen LogP contribution < -0.4 is 0 Å². The van der Waals surface area contributed by atoms with E-state index in [4.69, 9.17) is 0 Å². The van der Waals surface area contributed by atoms with Gasteiger partial charge in [0, 0.05) is 5.56 Å². The highest BCUT2D eigenvalue weighted by Gasteiger charge is 2.03. The predicted octanol–water partition coefficient (Wildman–Crippen LogP) is 1.59. The molecule has 0 radical (unpaired) electrons. The highest BCUT2D eigenvalue weighted by atomic mass is 16.3. The zero-order valence-corrected chi connectivity index (χ0v) is 7.27. The van der Waals surface area contributed by atoms with Crippen LogP contribution in [0.15, 0.2) is 30.3 Å². The number of aromatic nitrogens is 2. The van der Waals surface area contributed by atoms with Gasteiger partial charge in [-0.3, -0.25) is 9.89 Å². The third-order valence-electron chi connectivity index (χ3n) is 1.87. The molecular formula is C10H8N2O2. The van der Waals surface area contributed by atoms with Crippen LogP contribution in [0.3, 0.4) is 0 Å². The summed E-state index contributed by atoms with van der Waals surface area (Å²) in [5, 5.41) is 15.7. The molecule has 70 valence electrons. The molecule has 0 atom stereocenters. The Hall–Kier alpha value is -2.10. The van der Waals surface area contributed by atoms with Crippen LogP contribution >= 0.6 is 0 Å². The monoisotopic (exact) mass is 188 g/mol. The molecule has 4 nitrogen and oxygen atoms in total. The first-order valence-corrected chi connectivity index (χ1v) is 4.09. The van der Waals surface area contributed by atoms with E-state index in [1.54, 1.807) is 24.3 Å². The minimum absolute atomic E-state index is 0.179. The fraction of sp³-hybridized carbons (Fsp3) is 0. The van der Waals surface area contributed by atoms with E-state index in [-0.39, 0.29) is 5.75 Å². The molecular weight excluding hydrogens is 180 g/mol. The number of aromatic hydroxyl groups is 1. The molecule has 0 aliphatic rings. The first-order chi connectivity index (χ1) is 6.79. The number of hydrogen-bond acceptors (Lipinski definition) is 3. The highest BCUT2D eigenvalue weighted by molar-refractivity contribution is 5.75. The van der Waals surface area contributed by atoms with Gasteiger partial charge >= 0.3 is 0 Å². The summed E-state index contributed by atoms with van der Waals surface area (Å²) < 4.78 is 0. The van der Waals surface area contributed by atoms with E-state index in [1.807, 2.05) is 6.07 Å². The van der Waals surface area contributed by atoms with E-state index in [0.717, 1.165) is 5.56 Å². The maximum Gasteiger partial charge on any atom is 0.167 e. The van der Waals surface area contributed by atoms with Crippen molar-refractivity contribution >= 4 is 6.29 Å². The third-order valence-corrected chi connectivity index (χ3v) is 1.87. The summed E-state index contributed by atoms with van der Waals surface area (Å²) in [6, 6.07) is 8.33. The SMILES string of the molecule is O=Cc1cc(-c2cccc(O)c2)n[nH]1. The Morgan fingerprint density at radius 3 is 2.86 bits per heavy atom. The van der Waals surface area contributed by atoms with Gasteiger partial charge in [-0.15, -0.1) is 0 Å². The van der Waals surface area contributed by atoms with Gasteiger partial charge in [0.05, 0.1) is 11.4 Å². The molecule has 2 rings (SSSR count). The molecule has 2 N–H and O–H groups in total. The fourth-order valence-electron chi connectivity index (χ4n) is 1.21. The van der Waals surface area contributed by atoms with E-state index in [9.17, 15) is 9.90 Å². The zero-order valence-electron chi connectivity index (χ0n) is 7.27. The molecule has 14 heavy (non-hydrogen) atoms. The molecule has 1 aromatic heterocycles. The van der Waals surface area contributed by atoms with Crippen LogP contribution in [0.5, 0.6) is 5.75 Å². The number of rotatable bonds is 2. The van der Waals surface area contributed by atoms with E-state index < -0.39 is 0 Å². The Bertz CT molecular complexity index is 463. The normalized spacial score (nSPS) is 10.0. The van der Waals surface area contributed by atoms with Crippen LogP contribution in [0.25, 0.3) is 11.3 Å². The molecule has 0 saturated carbocycles. The quantitative estimate of drug-likeness (QED) is 0.703. The number of aldehydes is 1. The smallest absolute Gasteiger partial charge is 0.167 e. The Morgan fingerprint density at radius 1 is 1.36 bits per heavy atom. The molecule has 2 aromatic rings. The van der Waals surface area contributed by atoms with Gasteiger partial charge in [-0.2, -0.15) is 5.10 Å². The molecule has 1 aromatic carbocycles. The standard InChI is InChI=1S/C10H8N2O2/c13-6-8-5-10(12-11-8)7-2-1-3-9(14)4-7/h1-6,14H,(H,11,12). The van der Waals surface area contributed by atoms with Crippen LogP contribution in [-0.2, 0) is 0 Å². The van der Waals surface area contributed by atoms with Crippen LogP contribution in [0, 0.1) is 0 Å². The second kappa shape index (κ2) is 3.33. The van der Waals surface area contributed by atoms with Gasteiger partial charge in [-0.1, -0.05) is 12.1 Å². The lowest BCUT2D eigenvalue weighted by molar-refractivity contribution is 0.111. The van der Waals surface area contributed by atoms with Crippen LogP contribution in [0.1, 0.15) is 10.5 Å².